The summed E-state index contributed by atoms with van der Waals surface area (Å²) in [5, 5.41) is 20.1. The van der Waals surface area contributed by atoms with Crippen LogP contribution < -0.4 is 0 Å². The summed E-state index contributed by atoms with van der Waals surface area (Å²) in [4.78, 5) is 12.2. The molecule has 0 radical (unpaired) electrons. The smallest absolute Gasteiger partial charge is 0.195 e. The topological polar surface area (TPSA) is 64.7 Å². The van der Waals surface area contributed by atoms with E-state index in [1.165, 1.54) is 11.8 Å². The lowest BCUT2D eigenvalue weighted by atomic mass is 9.77. The quantitative estimate of drug-likeness (QED) is 0.475. The Morgan fingerprint density at radius 3 is 2.27 bits per heavy atom. The first-order valence-corrected chi connectivity index (χ1v) is 10.2. The lowest BCUT2D eigenvalue weighted by Gasteiger charge is -2.18. The maximum atomic E-state index is 11.3. The molecule has 0 aromatic heterocycles. The fourth-order valence-corrected chi connectivity index (χ4v) is 4.24. The van der Waals surface area contributed by atoms with Gasteiger partial charge in [0.1, 0.15) is 0 Å². The second-order valence-electron chi connectivity index (χ2n) is 6.92. The third kappa shape index (κ3) is 3.36. The minimum atomic E-state index is -1.37. The second-order valence-corrected chi connectivity index (χ2v) is 8.17. The molecule has 0 atom stereocenters. The van der Waals surface area contributed by atoms with Crippen molar-refractivity contribution in [3.8, 4) is 12.1 Å². The first-order valence-electron chi connectivity index (χ1n) is 9.36. The van der Waals surface area contributed by atoms with Gasteiger partial charge >= 0.3 is 0 Å². The van der Waals surface area contributed by atoms with Gasteiger partial charge in [0, 0.05) is 23.0 Å². The first-order chi connectivity index (χ1) is 14.6. The molecule has 0 N–H and O–H groups in total. The average Bonchev–Trinajstić information content (AvgIpc) is 2.92. The van der Waals surface area contributed by atoms with Crippen molar-refractivity contribution in [2.45, 2.75) is 11.8 Å². The number of benzene rings is 2. The van der Waals surface area contributed by atoms with Gasteiger partial charge in [0.2, 0.25) is 0 Å². The molecule has 3 nitrogen and oxygen atoms in total. The van der Waals surface area contributed by atoms with Crippen LogP contribution in [0.5, 0.6) is 0 Å². The number of nitriles is 2. The molecule has 2 aromatic rings. The largest absolute Gasteiger partial charge is 0.287 e. The van der Waals surface area contributed by atoms with Crippen LogP contribution in [-0.2, 0) is 4.79 Å². The Hall–Kier alpha value is -3.82. The van der Waals surface area contributed by atoms with E-state index in [1.807, 2.05) is 78.9 Å². The zero-order chi connectivity index (χ0) is 21.1. The molecule has 2 aromatic carbocycles. The minimum Gasteiger partial charge on any atom is -0.287 e. The molecule has 0 fully saturated rings. The zero-order valence-corrected chi connectivity index (χ0v) is 17.0. The van der Waals surface area contributed by atoms with Crippen molar-refractivity contribution in [1.82, 2.24) is 0 Å². The van der Waals surface area contributed by atoms with E-state index in [0.29, 0.717) is 11.1 Å². The van der Waals surface area contributed by atoms with Crippen LogP contribution in [-0.4, -0.2) is 5.12 Å². The van der Waals surface area contributed by atoms with Crippen molar-refractivity contribution in [3.05, 3.63) is 107 Å². The Morgan fingerprint density at radius 1 is 0.933 bits per heavy atom. The summed E-state index contributed by atoms with van der Waals surface area (Å²) in [6.45, 7) is 1.54. The molecule has 0 heterocycles. The molecule has 0 saturated carbocycles. The highest BCUT2D eigenvalue weighted by atomic mass is 32.2. The number of fused-ring (bicyclic) bond motifs is 1. The lowest BCUT2D eigenvalue weighted by molar-refractivity contribution is -0.109. The van der Waals surface area contributed by atoms with Crippen LogP contribution in [0.3, 0.4) is 0 Å². The SMILES string of the molecule is CC(=O)Sc1ccc(C2=CC=C3C(=C=C2)C=C(c2ccccc2)C3(C#N)C#N)cc1. The number of nitrogens with zero attached hydrogens (tertiary/aromatic N) is 2. The molecule has 2 aliphatic carbocycles. The van der Waals surface area contributed by atoms with E-state index in [-0.39, 0.29) is 5.12 Å². The van der Waals surface area contributed by atoms with Crippen LogP contribution >= 0.6 is 11.8 Å². The van der Waals surface area contributed by atoms with E-state index in [4.69, 9.17) is 0 Å². The van der Waals surface area contributed by atoms with Gasteiger partial charge in [0.05, 0.1) is 12.1 Å². The molecule has 0 amide bonds. The highest BCUT2D eigenvalue weighted by Gasteiger charge is 2.45. The highest BCUT2D eigenvalue weighted by Crippen LogP contribution is 2.50. The normalized spacial score (nSPS) is 16.1. The molecule has 0 spiro atoms. The number of thioether (sulfide) groups is 1. The molecule has 0 saturated heterocycles. The van der Waals surface area contributed by atoms with E-state index in [0.717, 1.165) is 27.2 Å². The van der Waals surface area contributed by atoms with Gasteiger partial charge < -0.3 is 0 Å². The van der Waals surface area contributed by atoms with Gasteiger partial charge in [-0.2, -0.15) is 10.5 Å². The number of carbonyl (C=O) groups is 1. The fourth-order valence-electron chi connectivity index (χ4n) is 3.63. The number of hydrogen-bond donors (Lipinski definition) is 0. The molecule has 4 heteroatoms. The predicted octanol–water partition coefficient (Wildman–Crippen LogP) is 5.86. The van der Waals surface area contributed by atoms with Crippen molar-refractivity contribution in [3.63, 3.8) is 0 Å². The van der Waals surface area contributed by atoms with Crippen molar-refractivity contribution in [2.24, 2.45) is 5.41 Å². The minimum absolute atomic E-state index is 0.0453. The second kappa shape index (κ2) is 7.90. The van der Waals surface area contributed by atoms with Gasteiger partial charge in [-0.1, -0.05) is 66.4 Å². The first kappa shape index (κ1) is 19.5. The van der Waals surface area contributed by atoms with E-state index in [2.05, 4.69) is 17.9 Å². The van der Waals surface area contributed by atoms with Gasteiger partial charge in [0.25, 0.3) is 0 Å². The van der Waals surface area contributed by atoms with Crippen LogP contribution in [0.2, 0.25) is 0 Å². The summed E-state index contributed by atoms with van der Waals surface area (Å²) in [7, 11) is 0. The van der Waals surface area contributed by atoms with E-state index < -0.39 is 5.41 Å². The molecular formula is C26H16N2OS. The summed E-state index contributed by atoms with van der Waals surface area (Å²) in [5.41, 5.74) is 6.72. The standard InChI is InChI=1S/C26H16N2OS/c1-18(29)30-23-12-9-20(10-13-23)19-7-8-22-15-25(21-5-3-2-4-6-21)26(16-27,17-28)24(22)14-11-19/h2-7,9-15H,1H3. The number of hydrogen-bond acceptors (Lipinski definition) is 4. The summed E-state index contributed by atoms with van der Waals surface area (Å²) in [5.74, 6) is 0. The monoisotopic (exact) mass is 404 g/mol. The van der Waals surface area contributed by atoms with Crippen LogP contribution in [0.15, 0.2) is 101 Å². The molecule has 0 unspecified atom stereocenters. The predicted molar refractivity (Wildman–Crippen MR) is 119 cm³/mol. The number of rotatable bonds is 3. The van der Waals surface area contributed by atoms with Gasteiger partial charge in [-0.3, -0.25) is 4.79 Å². The van der Waals surface area contributed by atoms with Gasteiger partial charge in [-0.15, -0.1) is 5.73 Å². The fraction of sp³-hybridized carbons (Fsp3) is 0.0769. The van der Waals surface area contributed by atoms with Crippen molar-refractivity contribution in [1.29, 1.82) is 10.5 Å². The Kier molecular flexibility index (Phi) is 5.13. The third-order valence-corrected chi connectivity index (χ3v) is 5.86. The van der Waals surface area contributed by atoms with Gasteiger partial charge in [-0.05, 0) is 46.6 Å². The molecule has 0 aliphatic heterocycles. The molecule has 2 aliphatic rings. The average molecular weight is 404 g/mol. The maximum Gasteiger partial charge on any atom is 0.195 e. The van der Waals surface area contributed by atoms with Crippen LogP contribution in [0, 0.1) is 28.1 Å². The molecule has 142 valence electrons. The van der Waals surface area contributed by atoms with E-state index >= 15 is 0 Å². The van der Waals surface area contributed by atoms with Gasteiger partial charge in [0.15, 0.2) is 10.5 Å². The van der Waals surface area contributed by atoms with Crippen molar-refractivity contribution in [2.75, 3.05) is 0 Å². The van der Waals surface area contributed by atoms with Crippen LogP contribution in [0.4, 0.5) is 0 Å². The number of allylic oxidation sites excluding steroid dienone is 7. The lowest BCUT2D eigenvalue weighted by Crippen LogP contribution is -2.17. The third-order valence-electron chi connectivity index (χ3n) is 5.07. The summed E-state index contributed by atoms with van der Waals surface area (Å²) >= 11 is 1.20. The molecule has 0 bridgehead atoms. The summed E-state index contributed by atoms with van der Waals surface area (Å²) in [6, 6.07) is 21.7. The summed E-state index contributed by atoms with van der Waals surface area (Å²) < 4.78 is 0. The highest BCUT2D eigenvalue weighted by molar-refractivity contribution is 8.13. The Bertz CT molecular complexity index is 1260. The molecule has 4 rings (SSSR count). The summed E-state index contributed by atoms with van der Waals surface area (Å²) in [6.07, 6.45) is 7.51. The molecular weight excluding hydrogens is 388 g/mol. The van der Waals surface area contributed by atoms with E-state index in [1.54, 1.807) is 6.92 Å². The maximum absolute atomic E-state index is 11.3. The molecule has 30 heavy (non-hydrogen) atoms. The van der Waals surface area contributed by atoms with Gasteiger partial charge in [-0.25, -0.2) is 0 Å². The van der Waals surface area contributed by atoms with Crippen LogP contribution in [0.1, 0.15) is 18.1 Å². The van der Waals surface area contributed by atoms with Crippen LogP contribution in [0.25, 0.3) is 11.1 Å². The zero-order valence-electron chi connectivity index (χ0n) is 16.2. The number of carbonyl (C=O) groups excluding carboxylic acids is 1. The Morgan fingerprint density at radius 2 is 1.63 bits per heavy atom. The van der Waals surface area contributed by atoms with E-state index in [9.17, 15) is 15.3 Å². The Balaban J connectivity index is 1.78. The Labute approximate surface area is 179 Å². The van der Waals surface area contributed by atoms with Crippen molar-refractivity contribution < 1.29 is 4.79 Å². The van der Waals surface area contributed by atoms with Crippen molar-refractivity contribution >= 4 is 28.0 Å².